The van der Waals surface area contributed by atoms with E-state index in [-0.39, 0.29) is 5.78 Å². The molecule has 0 atom stereocenters. The molecule has 2 heterocycles. The molecule has 82 valence electrons. The fraction of sp³-hybridized carbons (Fsp3) is 0.0909. The van der Waals surface area contributed by atoms with Crippen LogP contribution in [0.4, 0.5) is 0 Å². The Labute approximate surface area is 110 Å². The van der Waals surface area contributed by atoms with Crippen molar-refractivity contribution in [3.63, 3.8) is 0 Å². The molecule has 0 amide bonds. The number of rotatable bonds is 3. The van der Waals surface area contributed by atoms with Crippen LogP contribution in [0.2, 0.25) is 5.02 Å². The molecule has 2 aromatic rings. The van der Waals surface area contributed by atoms with E-state index in [0.717, 1.165) is 10.0 Å². The van der Waals surface area contributed by atoms with Gasteiger partial charge in [0.05, 0.1) is 9.90 Å². The summed E-state index contributed by atoms with van der Waals surface area (Å²) in [6.07, 6.45) is 3.70. The molecule has 0 bridgehead atoms. The first-order valence-electron chi connectivity index (χ1n) is 4.52. The van der Waals surface area contributed by atoms with E-state index >= 15 is 0 Å². The lowest BCUT2D eigenvalue weighted by molar-refractivity contribution is 0.0997. The van der Waals surface area contributed by atoms with Crippen LogP contribution in [0.1, 0.15) is 15.2 Å². The van der Waals surface area contributed by atoms with Gasteiger partial charge in [0.2, 0.25) is 0 Å². The number of hydrogen-bond donors (Lipinski definition) is 0. The summed E-state index contributed by atoms with van der Waals surface area (Å²) in [5, 5.41) is 2.34. The Kier molecular flexibility index (Phi) is 3.74. The lowest BCUT2D eigenvalue weighted by Crippen LogP contribution is -2.02. The Morgan fingerprint density at radius 2 is 2.31 bits per heavy atom. The average Bonchev–Trinajstić information content (AvgIpc) is 2.64. The van der Waals surface area contributed by atoms with Crippen molar-refractivity contribution in [1.82, 2.24) is 4.98 Å². The number of carbonyl (C=O) groups excluding carboxylic acids is 1. The summed E-state index contributed by atoms with van der Waals surface area (Å²) >= 11 is 10.6. The average molecular weight is 317 g/mol. The molecule has 2 nitrogen and oxygen atoms in total. The van der Waals surface area contributed by atoms with Gasteiger partial charge >= 0.3 is 0 Å². The van der Waals surface area contributed by atoms with Crippen LogP contribution < -0.4 is 0 Å². The molecule has 0 aliphatic heterocycles. The number of nitrogens with zero attached hydrogens (tertiary/aromatic N) is 1. The minimum atomic E-state index is 0.0277. The summed E-state index contributed by atoms with van der Waals surface area (Å²) < 4.78 is 0.870. The maximum atomic E-state index is 11.9. The Morgan fingerprint density at radius 3 is 2.94 bits per heavy atom. The van der Waals surface area contributed by atoms with Crippen LogP contribution >= 0.6 is 38.9 Å². The highest BCUT2D eigenvalue weighted by molar-refractivity contribution is 9.10. The Bertz CT molecular complexity index is 526. The molecule has 5 heteroatoms. The highest BCUT2D eigenvalue weighted by Crippen LogP contribution is 2.24. The summed E-state index contributed by atoms with van der Waals surface area (Å²) in [5.41, 5.74) is 0.879. The van der Waals surface area contributed by atoms with Crippen molar-refractivity contribution in [2.75, 3.05) is 0 Å². The zero-order valence-electron chi connectivity index (χ0n) is 8.11. The number of Topliss-reactive ketones (excluding diaryl/α,β-unsaturated/α-hetero) is 1. The van der Waals surface area contributed by atoms with Gasteiger partial charge in [0, 0.05) is 23.3 Å². The monoisotopic (exact) mass is 315 g/mol. The Balaban J connectivity index is 2.17. The molecule has 16 heavy (non-hydrogen) atoms. The third-order valence-corrected chi connectivity index (χ3v) is 3.81. The Morgan fingerprint density at radius 1 is 1.50 bits per heavy atom. The molecule has 2 rings (SSSR count). The summed E-state index contributed by atoms with van der Waals surface area (Å²) in [7, 11) is 0. The Hall–Kier alpha value is -0.710. The summed E-state index contributed by atoms with van der Waals surface area (Å²) in [5.74, 6) is 0.0277. The highest BCUT2D eigenvalue weighted by Gasteiger charge is 2.12. The topological polar surface area (TPSA) is 30.0 Å². The van der Waals surface area contributed by atoms with Crippen molar-refractivity contribution in [2.45, 2.75) is 6.42 Å². The third kappa shape index (κ3) is 2.70. The number of ketones is 1. The maximum absolute atomic E-state index is 11.9. The minimum Gasteiger partial charge on any atom is -0.293 e. The molecular weight excluding hydrogens is 310 g/mol. The molecule has 0 fully saturated rings. The first-order valence-corrected chi connectivity index (χ1v) is 6.57. The molecule has 0 aliphatic carbocycles. The van der Waals surface area contributed by atoms with E-state index in [1.54, 1.807) is 18.5 Å². The van der Waals surface area contributed by atoms with Crippen LogP contribution in [-0.2, 0) is 6.42 Å². The molecule has 0 N–H and O–H groups in total. The van der Waals surface area contributed by atoms with Crippen LogP contribution in [0.3, 0.4) is 0 Å². The van der Waals surface area contributed by atoms with E-state index in [4.69, 9.17) is 11.6 Å². The van der Waals surface area contributed by atoms with Crippen molar-refractivity contribution in [2.24, 2.45) is 0 Å². The molecule has 0 aromatic carbocycles. The van der Waals surface area contributed by atoms with Crippen molar-refractivity contribution in [1.29, 1.82) is 0 Å². The molecule has 0 radical (unpaired) electrons. The first-order chi connectivity index (χ1) is 7.66. The second-order valence-electron chi connectivity index (χ2n) is 3.21. The number of halogens is 2. The predicted molar refractivity (Wildman–Crippen MR) is 69.3 cm³/mol. The normalized spacial score (nSPS) is 10.4. The van der Waals surface area contributed by atoms with Gasteiger partial charge in [-0.3, -0.25) is 9.78 Å². The lowest BCUT2D eigenvalue weighted by atomic mass is 10.1. The molecule has 0 saturated heterocycles. The van der Waals surface area contributed by atoms with Crippen molar-refractivity contribution in [3.8, 4) is 0 Å². The molecule has 0 saturated carbocycles. The van der Waals surface area contributed by atoms with Gasteiger partial charge in [0.1, 0.15) is 0 Å². The van der Waals surface area contributed by atoms with E-state index < -0.39 is 0 Å². The van der Waals surface area contributed by atoms with Crippen molar-refractivity contribution >= 4 is 44.7 Å². The standard InChI is InChI=1S/C11H7BrClNOS/c12-8-3-7(5-14-6-8)4-10(15)11-9(13)1-2-16-11/h1-3,5-6H,4H2. The lowest BCUT2D eigenvalue weighted by Gasteiger charge is -2.00. The number of hydrogen-bond acceptors (Lipinski definition) is 3. The van der Waals surface area contributed by atoms with E-state index in [1.165, 1.54) is 11.3 Å². The van der Waals surface area contributed by atoms with E-state index in [2.05, 4.69) is 20.9 Å². The summed E-state index contributed by atoms with van der Waals surface area (Å²) in [6.45, 7) is 0. The third-order valence-electron chi connectivity index (χ3n) is 2.00. The fourth-order valence-electron chi connectivity index (χ4n) is 1.31. The van der Waals surface area contributed by atoms with Crippen LogP contribution in [0.5, 0.6) is 0 Å². The number of pyridine rings is 1. The first kappa shape index (κ1) is 11.8. The van der Waals surface area contributed by atoms with Gasteiger partial charge in [-0.1, -0.05) is 11.6 Å². The van der Waals surface area contributed by atoms with Crippen LogP contribution in [0.25, 0.3) is 0 Å². The van der Waals surface area contributed by atoms with Gasteiger partial charge in [-0.25, -0.2) is 0 Å². The molecule has 0 aliphatic rings. The molecule has 2 aromatic heterocycles. The van der Waals surface area contributed by atoms with Crippen LogP contribution in [0.15, 0.2) is 34.4 Å². The second-order valence-corrected chi connectivity index (χ2v) is 5.45. The van der Waals surface area contributed by atoms with E-state index in [0.29, 0.717) is 16.3 Å². The van der Waals surface area contributed by atoms with Gasteiger partial charge < -0.3 is 0 Å². The summed E-state index contributed by atoms with van der Waals surface area (Å²) in [4.78, 5) is 16.5. The largest absolute Gasteiger partial charge is 0.293 e. The van der Waals surface area contributed by atoms with Gasteiger partial charge in [-0.2, -0.15) is 0 Å². The number of aromatic nitrogens is 1. The highest BCUT2D eigenvalue weighted by atomic mass is 79.9. The molecule has 0 spiro atoms. The number of carbonyl (C=O) groups is 1. The van der Waals surface area contributed by atoms with Crippen molar-refractivity contribution in [3.05, 3.63) is 49.8 Å². The fourth-order valence-corrected chi connectivity index (χ4v) is 2.82. The minimum absolute atomic E-state index is 0.0277. The van der Waals surface area contributed by atoms with Gasteiger partial charge in [0.15, 0.2) is 5.78 Å². The second kappa shape index (κ2) is 5.08. The van der Waals surface area contributed by atoms with Gasteiger partial charge in [0.25, 0.3) is 0 Å². The zero-order valence-corrected chi connectivity index (χ0v) is 11.3. The van der Waals surface area contributed by atoms with Crippen molar-refractivity contribution < 1.29 is 4.79 Å². The van der Waals surface area contributed by atoms with E-state index in [9.17, 15) is 4.79 Å². The van der Waals surface area contributed by atoms with Gasteiger partial charge in [-0.15, -0.1) is 11.3 Å². The quantitative estimate of drug-likeness (QED) is 0.802. The maximum Gasteiger partial charge on any atom is 0.178 e. The SMILES string of the molecule is O=C(Cc1cncc(Br)c1)c1sccc1Cl. The van der Waals surface area contributed by atoms with Crippen LogP contribution in [0, 0.1) is 0 Å². The van der Waals surface area contributed by atoms with Crippen LogP contribution in [-0.4, -0.2) is 10.8 Å². The summed E-state index contributed by atoms with van der Waals surface area (Å²) in [6, 6.07) is 3.62. The van der Waals surface area contributed by atoms with Gasteiger partial charge in [-0.05, 0) is 39.0 Å². The zero-order chi connectivity index (χ0) is 11.5. The smallest absolute Gasteiger partial charge is 0.178 e. The predicted octanol–water partition coefficient (Wildman–Crippen LogP) is 3.98. The molecular formula is C11H7BrClNOS. The molecule has 0 unspecified atom stereocenters. The van der Waals surface area contributed by atoms with E-state index in [1.807, 2.05) is 11.4 Å². The number of thiophene rings is 1.